The van der Waals surface area contributed by atoms with Crippen molar-refractivity contribution in [3.05, 3.63) is 61.6 Å². The van der Waals surface area contributed by atoms with Crippen LogP contribution in [0.2, 0.25) is 10.0 Å². The predicted octanol–water partition coefficient (Wildman–Crippen LogP) is 4.74. The molecule has 1 atom stereocenters. The largest absolute Gasteiger partial charge is 0.394 e. The van der Waals surface area contributed by atoms with Crippen molar-refractivity contribution in [3.8, 4) is 0 Å². The number of benzene rings is 2. The fraction of sp³-hybridized carbons (Fsp3) is 0.143. The van der Waals surface area contributed by atoms with E-state index < -0.39 is 0 Å². The lowest BCUT2D eigenvalue weighted by Crippen LogP contribution is -2.15. The van der Waals surface area contributed by atoms with Gasteiger partial charge in [-0.25, -0.2) is 0 Å². The molecule has 0 aliphatic heterocycles. The van der Waals surface area contributed by atoms with Crippen molar-refractivity contribution in [2.45, 2.75) is 6.04 Å². The summed E-state index contributed by atoms with van der Waals surface area (Å²) in [5.41, 5.74) is 1.79. The third-order valence-corrected chi connectivity index (χ3v) is 4.20. The number of halogens is 3. The third-order valence-electron chi connectivity index (χ3n) is 2.72. The van der Waals surface area contributed by atoms with Gasteiger partial charge in [-0.1, -0.05) is 41.4 Å². The zero-order chi connectivity index (χ0) is 13.8. The van der Waals surface area contributed by atoms with Gasteiger partial charge in [0, 0.05) is 19.3 Å². The summed E-state index contributed by atoms with van der Waals surface area (Å²) in [6, 6.07) is 12.8. The van der Waals surface area contributed by atoms with E-state index in [2.05, 4.69) is 27.9 Å². The van der Waals surface area contributed by atoms with Gasteiger partial charge >= 0.3 is 0 Å². The number of hydrogen-bond donors (Lipinski definition) is 2. The summed E-state index contributed by atoms with van der Waals surface area (Å²) in [4.78, 5) is 0. The Balaban J connectivity index is 2.27. The van der Waals surface area contributed by atoms with Crippen molar-refractivity contribution < 1.29 is 5.11 Å². The van der Waals surface area contributed by atoms with Crippen LogP contribution in [0.5, 0.6) is 0 Å². The Bertz CT molecular complexity index is 577. The molecule has 100 valence electrons. The molecule has 1 unspecified atom stereocenters. The van der Waals surface area contributed by atoms with E-state index in [-0.39, 0.29) is 12.6 Å². The molecule has 0 radical (unpaired) electrons. The summed E-state index contributed by atoms with van der Waals surface area (Å²) in [6.45, 7) is -0.0392. The molecular weight excluding hydrogens is 396 g/mol. The van der Waals surface area contributed by atoms with Gasteiger partial charge in [-0.2, -0.15) is 0 Å². The minimum Gasteiger partial charge on any atom is -0.394 e. The van der Waals surface area contributed by atoms with Crippen molar-refractivity contribution in [3.63, 3.8) is 0 Å². The Morgan fingerprint density at radius 1 is 1.16 bits per heavy atom. The number of rotatable bonds is 4. The second-order valence-corrected chi connectivity index (χ2v) is 6.03. The number of anilines is 1. The molecule has 5 heteroatoms. The highest BCUT2D eigenvalue weighted by molar-refractivity contribution is 14.1. The molecule has 0 bridgehead atoms. The first-order valence-corrected chi connectivity index (χ1v) is 7.52. The maximum Gasteiger partial charge on any atom is 0.0759 e. The molecule has 0 spiro atoms. The van der Waals surface area contributed by atoms with E-state index in [9.17, 15) is 5.11 Å². The lowest BCUT2D eigenvalue weighted by atomic mass is 10.1. The van der Waals surface area contributed by atoms with Crippen molar-refractivity contribution >= 4 is 51.5 Å². The van der Waals surface area contributed by atoms with Gasteiger partial charge in [-0.3, -0.25) is 0 Å². The molecule has 2 N–H and O–H groups in total. The number of aliphatic hydroxyl groups excluding tert-OH is 1. The maximum atomic E-state index is 9.56. The van der Waals surface area contributed by atoms with Gasteiger partial charge in [0.25, 0.3) is 0 Å². The second-order valence-electron chi connectivity index (χ2n) is 4.03. The highest BCUT2D eigenvalue weighted by Gasteiger charge is 2.14. The minimum absolute atomic E-state index is 0.0392. The van der Waals surface area contributed by atoms with Gasteiger partial charge in [0.05, 0.1) is 12.6 Å². The molecule has 2 nitrogen and oxygen atoms in total. The average molecular weight is 408 g/mol. The number of nitrogens with one attached hydrogen (secondary N) is 1. The normalized spacial score (nSPS) is 12.2. The molecule has 2 aromatic rings. The molecule has 2 aromatic carbocycles. The Labute approximate surface area is 135 Å². The molecule has 0 aromatic heterocycles. The van der Waals surface area contributed by atoms with Crippen LogP contribution in [0, 0.1) is 3.57 Å². The summed E-state index contributed by atoms with van der Waals surface area (Å²) < 4.78 is 0.996. The van der Waals surface area contributed by atoms with E-state index in [1.165, 1.54) is 0 Å². The van der Waals surface area contributed by atoms with Gasteiger partial charge in [-0.05, 0) is 52.4 Å². The van der Waals surface area contributed by atoms with E-state index in [0.29, 0.717) is 10.0 Å². The molecule has 0 fully saturated rings. The van der Waals surface area contributed by atoms with Crippen LogP contribution in [0.1, 0.15) is 11.6 Å². The Morgan fingerprint density at radius 3 is 2.53 bits per heavy atom. The van der Waals surface area contributed by atoms with Gasteiger partial charge in [-0.15, -0.1) is 0 Å². The van der Waals surface area contributed by atoms with Crippen LogP contribution in [0.3, 0.4) is 0 Å². The van der Waals surface area contributed by atoms with Gasteiger partial charge in [0.2, 0.25) is 0 Å². The highest BCUT2D eigenvalue weighted by atomic mass is 127. The van der Waals surface area contributed by atoms with Crippen LogP contribution >= 0.6 is 45.8 Å². The standard InChI is InChI=1S/C14H12Cl2INO/c15-9-5-6-13(12(17)7-9)18-14(8-19)10-3-1-2-4-11(10)16/h1-7,14,18-19H,8H2. The lowest BCUT2D eigenvalue weighted by Gasteiger charge is -2.20. The first kappa shape index (κ1) is 14.9. The maximum absolute atomic E-state index is 9.56. The van der Waals surface area contributed by atoms with Crippen molar-refractivity contribution in [2.75, 3.05) is 11.9 Å². The van der Waals surface area contributed by atoms with Gasteiger partial charge in [0.1, 0.15) is 0 Å². The Hall–Kier alpha value is -0.490. The van der Waals surface area contributed by atoms with Crippen molar-refractivity contribution in [1.82, 2.24) is 0 Å². The van der Waals surface area contributed by atoms with E-state index in [4.69, 9.17) is 23.2 Å². The van der Waals surface area contributed by atoms with Crippen molar-refractivity contribution in [2.24, 2.45) is 0 Å². The number of aliphatic hydroxyl groups is 1. The van der Waals surface area contributed by atoms with Crippen LogP contribution in [-0.4, -0.2) is 11.7 Å². The topological polar surface area (TPSA) is 32.3 Å². The average Bonchev–Trinajstić information content (AvgIpc) is 2.39. The van der Waals surface area contributed by atoms with Crippen molar-refractivity contribution in [1.29, 1.82) is 0 Å². The Morgan fingerprint density at radius 2 is 1.89 bits per heavy atom. The fourth-order valence-electron chi connectivity index (χ4n) is 1.77. The van der Waals surface area contributed by atoms with Crippen LogP contribution < -0.4 is 5.32 Å². The van der Waals surface area contributed by atoms with Crippen LogP contribution in [-0.2, 0) is 0 Å². The second kappa shape index (κ2) is 6.79. The first-order chi connectivity index (χ1) is 9.11. The molecule has 0 aliphatic rings. The molecule has 0 saturated heterocycles. The molecule has 0 amide bonds. The van der Waals surface area contributed by atoms with Crippen LogP contribution in [0.15, 0.2) is 42.5 Å². The number of hydrogen-bond acceptors (Lipinski definition) is 2. The molecule has 19 heavy (non-hydrogen) atoms. The molecule has 0 heterocycles. The lowest BCUT2D eigenvalue weighted by molar-refractivity contribution is 0.276. The van der Waals surface area contributed by atoms with E-state index in [1.54, 1.807) is 0 Å². The predicted molar refractivity (Wildman–Crippen MR) is 89.1 cm³/mol. The molecule has 0 aliphatic carbocycles. The van der Waals surface area contributed by atoms with Gasteiger partial charge < -0.3 is 10.4 Å². The van der Waals surface area contributed by atoms with E-state index in [0.717, 1.165) is 14.8 Å². The van der Waals surface area contributed by atoms with E-state index >= 15 is 0 Å². The van der Waals surface area contributed by atoms with Gasteiger partial charge in [0.15, 0.2) is 0 Å². The molecule has 2 rings (SSSR count). The van der Waals surface area contributed by atoms with E-state index in [1.807, 2.05) is 42.5 Å². The molecule has 0 saturated carbocycles. The summed E-state index contributed by atoms with van der Waals surface area (Å²) >= 11 is 14.3. The zero-order valence-electron chi connectivity index (χ0n) is 9.91. The third kappa shape index (κ3) is 3.75. The zero-order valence-corrected chi connectivity index (χ0v) is 13.6. The molecular formula is C14H12Cl2INO. The highest BCUT2D eigenvalue weighted by Crippen LogP contribution is 2.29. The minimum atomic E-state index is -0.247. The summed E-state index contributed by atoms with van der Waals surface area (Å²) in [5, 5.41) is 14.2. The fourth-order valence-corrected chi connectivity index (χ4v) is 3.07. The summed E-state index contributed by atoms with van der Waals surface area (Å²) in [5.74, 6) is 0. The summed E-state index contributed by atoms with van der Waals surface area (Å²) in [6.07, 6.45) is 0. The quantitative estimate of drug-likeness (QED) is 0.717. The van der Waals surface area contributed by atoms with Crippen LogP contribution in [0.4, 0.5) is 5.69 Å². The van der Waals surface area contributed by atoms with Crippen LogP contribution in [0.25, 0.3) is 0 Å². The summed E-state index contributed by atoms with van der Waals surface area (Å²) in [7, 11) is 0. The monoisotopic (exact) mass is 407 g/mol. The smallest absolute Gasteiger partial charge is 0.0759 e. The Kier molecular flexibility index (Phi) is 5.33. The SMILES string of the molecule is OCC(Nc1ccc(Cl)cc1I)c1ccccc1Cl. The first-order valence-electron chi connectivity index (χ1n) is 5.68.